The fourth-order valence-corrected chi connectivity index (χ4v) is 3.93. The van der Waals surface area contributed by atoms with Crippen LogP contribution in [-0.4, -0.2) is 23.4 Å². The van der Waals surface area contributed by atoms with Crippen LogP contribution in [0.2, 0.25) is 0 Å². The molecule has 1 aliphatic carbocycles. The molecule has 0 spiro atoms. The average molecular weight is 332 g/mol. The van der Waals surface area contributed by atoms with Crippen LogP contribution in [0.25, 0.3) is 0 Å². The van der Waals surface area contributed by atoms with Gasteiger partial charge in [0.1, 0.15) is 5.82 Å². The summed E-state index contributed by atoms with van der Waals surface area (Å²) in [5, 5.41) is 17.1. The maximum atomic E-state index is 13.1. The van der Waals surface area contributed by atoms with E-state index in [2.05, 4.69) is 10.5 Å². The maximum Gasteiger partial charge on any atom is 0.252 e. The van der Waals surface area contributed by atoms with E-state index >= 15 is 0 Å². The summed E-state index contributed by atoms with van der Waals surface area (Å²) in [7, 11) is 0. The number of benzene rings is 1. The largest absolute Gasteiger partial charge is 0.411 e. The van der Waals surface area contributed by atoms with Crippen molar-refractivity contribution in [3.05, 3.63) is 57.0 Å². The molecule has 1 aromatic carbocycles. The first-order chi connectivity index (χ1) is 11.2. The molecule has 0 bridgehead atoms. The zero-order chi connectivity index (χ0) is 16.2. The minimum Gasteiger partial charge on any atom is -0.411 e. The number of carbonyl (C=O) groups is 1. The van der Waals surface area contributed by atoms with Gasteiger partial charge in [0.05, 0.1) is 16.2 Å². The quantitative estimate of drug-likeness (QED) is 0.666. The summed E-state index contributed by atoms with van der Waals surface area (Å²) in [5.41, 5.74) is 3.14. The number of nitrogens with zero attached hydrogens (tertiary/aromatic N) is 1. The molecule has 0 fully saturated rings. The van der Waals surface area contributed by atoms with Crippen LogP contribution in [-0.2, 0) is 12.8 Å². The molecule has 0 saturated heterocycles. The van der Waals surface area contributed by atoms with E-state index < -0.39 is 0 Å². The second-order valence-electron chi connectivity index (χ2n) is 5.49. The lowest BCUT2D eigenvalue weighted by Crippen LogP contribution is -2.26. The van der Waals surface area contributed by atoms with E-state index in [-0.39, 0.29) is 11.7 Å². The molecule has 3 rings (SSSR count). The van der Waals surface area contributed by atoms with Crippen LogP contribution < -0.4 is 5.32 Å². The maximum absolute atomic E-state index is 13.1. The fraction of sp³-hybridized carbons (Fsp3) is 0.294. The Morgan fingerprint density at radius 1 is 1.39 bits per heavy atom. The van der Waals surface area contributed by atoms with Gasteiger partial charge in [-0.15, -0.1) is 11.3 Å². The molecule has 2 N–H and O–H groups in total. The molecule has 0 unspecified atom stereocenters. The molecule has 0 aliphatic heterocycles. The normalized spacial score (nSPS) is 15.4. The monoisotopic (exact) mass is 332 g/mol. The molecule has 1 aliphatic rings. The summed E-state index contributed by atoms with van der Waals surface area (Å²) < 4.78 is 13.1. The van der Waals surface area contributed by atoms with Gasteiger partial charge in [0.15, 0.2) is 0 Å². The Balaban J connectivity index is 1.64. The molecule has 1 aromatic heterocycles. The van der Waals surface area contributed by atoms with Crippen molar-refractivity contribution < 1.29 is 14.4 Å². The zero-order valence-corrected chi connectivity index (χ0v) is 13.3. The molecule has 2 aromatic rings. The third kappa shape index (κ3) is 3.42. The predicted octanol–water partition coefficient (Wildman–Crippen LogP) is 3.37. The van der Waals surface area contributed by atoms with Crippen LogP contribution in [0.4, 0.5) is 4.39 Å². The van der Waals surface area contributed by atoms with E-state index in [0.29, 0.717) is 24.2 Å². The lowest BCUT2D eigenvalue weighted by Gasteiger charge is -2.14. The van der Waals surface area contributed by atoms with Gasteiger partial charge in [-0.1, -0.05) is 17.3 Å². The third-order valence-electron chi connectivity index (χ3n) is 3.95. The first-order valence-electron chi connectivity index (χ1n) is 7.53. The fourth-order valence-electron chi connectivity index (χ4n) is 2.81. The molecule has 1 amide bonds. The number of rotatable bonds is 4. The van der Waals surface area contributed by atoms with Gasteiger partial charge < -0.3 is 10.5 Å². The molecule has 0 saturated carbocycles. The summed E-state index contributed by atoms with van der Waals surface area (Å²) in [5.74, 6) is -0.394. The van der Waals surface area contributed by atoms with E-state index in [0.717, 1.165) is 35.3 Å². The minimum atomic E-state index is -0.267. The lowest BCUT2D eigenvalue weighted by molar-refractivity contribution is 0.0953. The molecule has 1 heterocycles. The number of halogens is 1. The highest BCUT2D eigenvalue weighted by Gasteiger charge is 2.24. The van der Waals surface area contributed by atoms with Gasteiger partial charge in [-0.2, -0.15) is 0 Å². The van der Waals surface area contributed by atoms with Gasteiger partial charge in [0, 0.05) is 11.9 Å². The topological polar surface area (TPSA) is 61.7 Å². The van der Waals surface area contributed by atoms with Crippen LogP contribution in [0.5, 0.6) is 0 Å². The number of carbonyl (C=O) groups excluding carboxylic acids is 1. The van der Waals surface area contributed by atoms with Crippen LogP contribution in [0.3, 0.4) is 0 Å². The van der Waals surface area contributed by atoms with Crippen molar-refractivity contribution in [2.45, 2.75) is 25.7 Å². The van der Waals surface area contributed by atoms with Crippen molar-refractivity contribution in [1.82, 2.24) is 5.32 Å². The summed E-state index contributed by atoms with van der Waals surface area (Å²) in [6.07, 6.45) is 3.03. The molecule has 6 heteroatoms. The first-order valence-corrected chi connectivity index (χ1v) is 8.41. The Morgan fingerprint density at radius 3 is 3.04 bits per heavy atom. The Kier molecular flexibility index (Phi) is 4.71. The van der Waals surface area contributed by atoms with Crippen LogP contribution >= 0.6 is 11.3 Å². The van der Waals surface area contributed by atoms with Crippen molar-refractivity contribution in [3.63, 3.8) is 0 Å². The van der Waals surface area contributed by atoms with E-state index in [1.165, 1.54) is 23.5 Å². The standard InChI is InChI=1S/C17H17FN2O2S/c18-12-4-1-3-11(9-12)7-8-19-17(21)14-10-23-16-13(14)5-2-6-15(16)20-22/h1,3-4,9-10,22H,2,5-8H2,(H,19,21)/b20-15-. The highest BCUT2D eigenvalue weighted by atomic mass is 32.1. The zero-order valence-electron chi connectivity index (χ0n) is 12.5. The van der Waals surface area contributed by atoms with Crippen LogP contribution in [0.15, 0.2) is 34.8 Å². The van der Waals surface area contributed by atoms with Gasteiger partial charge in [-0.3, -0.25) is 4.79 Å². The number of amides is 1. The van der Waals surface area contributed by atoms with Gasteiger partial charge in [0.2, 0.25) is 0 Å². The smallest absolute Gasteiger partial charge is 0.252 e. The van der Waals surface area contributed by atoms with E-state index in [1.54, 1.807) is 6.07 Å². The van der Waals surface area contributed by atoms with Crippen LogP contribution in [0.1, 0.15) is 39.2 Å². The Bertz CT molecular complexity index is 755. The molecular formula is C17H17FN2O2S. The average Bonchev–Trinajstić information content (AvgIpc) is 2.99. The number of fused-ring (bicyclic) bond motifs is 1. The van der Waals surface area contributed by atoms with Crippen molar-refractivity contribution in [2.75, 3.05) is 6.54 Å². The molecule has 120 valence electrons. The first kappa shape index (κ1) is 15.7. The Hall–Kier alpha value is -2.21. The van der Waals surface area contributed by atoms with Gasteiger partial charge in [-0.05, 0) is 48.9 Å². The second kappa shape index (κ2) is 6.91. The number of hydrogen-bond acceptors (Lipinski definition) is 4. The summed E-state index contributed by atoms with van der Waals surface area (Å²) in [6.45, 7) is 0.452. The van der Waals surface area contributed by atoms with Gasteiger partial charge in [0.25, 0.3) is 5.91 Å². The molecule has 0 radical (unpaired) electrons. The van der Waals surface area contributed by atoms with Gasteiger partial charge in [-0.25, -0.2) is 4.39 Å². The highest BCUT2D eigenvalue weighted by Crippen LogP contribution is 2.30. The minimum absolute atomic E-state index is 0.127. The second-order valence-corrected chi connectivity index (χ2v) is 6.37. The molecule has 4 nitrogen and oxygen atoms in total. The molecular weight excluding hydrogens is 315 g/mol. The number of oxime groups is 1. The Labute approximate surface area is 137 Å². The van der Waals surface area contributed by atoms with E-state index in [9.17, 15) is 9.18 Å². The number of hydrogen-bond donors (Lipinski definition) is 2. The van der Waals surface area contributed by atoms with E-state index in [1.807, 2.05) is 11.4 Å². The number of nitrogens with one attached hydrogen (secondary N) is 1. The van der Waals surface area contributed by atoms with Crippen molar-refractivity contribution >= 4 is 23.0 Å². The summed E-state index contributed by atoms with van der Waals surface area (Å²) in [6, 6.07) is 6.38. The highest BCUT2D eigenvalue weighted by molar-refractivity contribution is 7.12. The van der Waals surface area contributed by atoms with Crippen LogP contribution in [0, 0.1) is 5.82 Å². The summed E-state index contributed by atoms with van der Waals surface area (Å²) >= 11 is 1.44. The summed E-state index contributed by atoms with van der Waals surface area (Å²) in [4.78, 5) is 13.3. The van der Waals surface area contributed by atoms with Gasteiger partial charge >= 0.3 is 0 Å². The number of thiophene rings is 1. The van der Waals surface area contributed by atoms with Crippen molar-refractivity contribution in [1.29, 1.82) is 0 Å². The van der Waals surface area contributed by atoms with E-state index in [4.69, 9.17) is 5.21 Å². The Morgan fingerprint density at radius 2 is 2.26 bits per heavy atom. The predicted molar refractivity (Wildman–Crippen MR) is 88.0 cm³/mol. The van der Waals surface area contributed by atoms with Crippen molar-refractivity contribution in [2.24, 2.45) is 5.16 Å². The lowest BCUT2D eigenvalue weighted by atomic mass is 9.94. The molecule has 0 atom stereocenters. The third-order valence-corrected chi connectivity index (χ3v) is 5.02. The SMILES string of the molecule is O=C(NCCc1cccc(F)c1)c1csc2c1CCC/C2=N/O. The molecule has 23 heavy (non-hydrogen) atoms. The van der Waals surface area contributed by atoms with Crippen molar-refractivity contribution in [3.8, 4) is 0 Å².